The molecule has 0 aliphatic rings. The first-order chi connectivity index (χ1) is 10.6. The third-order valence-electron chi connectivity index (χ3n) is 3.29. The fraction of sp³-hybridized carbons (Fsp3) is 0.125. The van der Waals surface area contributed by atoms with Gasteiger partial charge in [-0.2, -0.15) is 16.4 Å². The molecule has 3 rings (SSSR count). The van der Waals surface area contributed by atoms with Crippen molar-refractivity contribution in [3.05, 3.63) is 75.2 Å². The number of nitrogens with one attached hydrogen (secondary N) is 1. The van der Waals surface area contributed by atoms with Crippen molar-refractivity contribution in [2.75, 3.05) is 0 Å². The molecule has 0 aliphatic heterocycles. The summed E-state index contributed by atoms with van der Waals surface area (Å²) in [4.78, 5) is 12.4. The van der Waals surface area contributed by atoms with Crippen LogP contribution in [0.15, 0.2) is 53.4 Å². The molecule has 2 aromatic heterocycles. The minimum absolute atomic E-state index is 0.119. The van der Waals surface area contributed by atoms with Gasteiger partial charge in [-0.25, -0.2) is 0 Å². The molecule has 2 heterocycles. The van der Waals surface area contributed by atoms with E-state index in [0.717, 1.165) is 11.3 Å². The standard InChI is InChI=1S/C16H14ClN3OS/c1-20-8-6-14(19-20)15(11-2-4-13(17)5-3-11)18-16(21)12-7-9-22-10-12/h2-10,15H,1H3,(H,18,21)/t15-/m0/s1. The van der Waals surface area contributed by atoms with Crippen molar-refractivity contribution in [1.82, 2.24) is 15.1 Å². The molecule has 22 heavy (non-hydrogen) atoms. The lowest BCUT2D eigenvalue weighted by atomic mass is 10.0. The van der Waals surface area contributed by atoms with Crippen LogP contribution in [0.3, 0.4) is 0 Å². The van der Waals surface area contributed by atoms with Crippen LogP contribution in [0.1, 0.15) is 27.7 Å². The molecule has 0 unspecified atom stereocenters. The number of aromatic nitrogens is 2. The number of hydrogen-bond donors (Lipinski definition) is 1. The van der Waals surface area contributed by atoms with Crippen LogP contribution in [0.25, 0.3) is 0 Å². The summed E-state index contributed by atoms with van der Waals surface area (Å²) in [5.41, 5.74) is 2.37. The molecule has 1 atom stereocenters. The minimum atomic E-state index is -0.314. The maximum absolute atomic E-state index is 12.4. The molecule has 1 aromatic carbocycles. The molecule has 3 aromatic rings. The van der Waals surface area contributed by atoms with E-state index in [-0.39, 0.29) is 11.9 Å². The highest BCUT2D eigenvalue weighted by Crippen LogP contribution is 2.23. The smallest absolute Gasteiger partial charge is 0.252 e. The number of aryl methyl sites for hydroxylation is 1. The van der Waals surface area contributed by atoms with Gasteiger partial charge in [0.25, 0.3) is 5.91 Å². The first kappa shape index (κ1) is 14.8. The van der Waals surface area contributed by atoms with Gasteiger partial charge in [0.1, 0.15) is 0 Å². The quantitative estimate of drug-likeness (QED) is 0.793. The second-order valence-electron chi connectivity index (χ2n) is 4.88. The summed E-state index contributed by atoms with van der Waals surface area (Å²) < 4.78 is 1.72. The lowest BCUT2D eigenvalue weighted by Crippen LogP contribution is -2.29. The predicted octanol–water partition coefficient (Wildman–Crippen LogP) is 3.65. The summed E-state index contributed by atoms with van der Waals surface area (Å²) in [6.45, 7) is 0. The zero-order chi connectivity index (χ0) is 15.5. The molecule has 112 valence electrons. The monoisotopic (exact) mass is 331 g/mol. The molecule has 0 aliphatic carbocycles. The van der Waals surface area contributed by atoms with Crippen molar-refractivity contribution in [2.24, 2.45) is 7.05 Å². The number of benzene rings is 1. The first-order valence-corrected chi connectivity index (χ1v) is 8.03. The Hall–Kier alpha value is -2.11. The summed E-state index contributed by atoms with van der Waals surface area (Å²) in [6.07, 6.45) is 1.86. The molecule has 4 nitrogen and oxygen atoms in total. The number of thiophene rings is 1. The van der Waals surface area contributed by atoms with Crippen LogP contribution in [0.5, 0.6) is 0 Å². The summed E-state index contributed by atoms with van der Waals surface area (Å²) in [6, 6.07) is 10.8. The average molecular weight is 332 g/mol. The highest BCUT2D eigenvalue weighted by atomic mass is 35.5. The molecule has 0 bridgehead atoms. The van der Waals surface area contributed by atoms with Gasteiger partial charge in [0.15, 0.2) is 0 Å². The van der Waals surface area contributed by atoms with E-state index >= 15 is 0 Å². The van der Waals surface area contributed by atoms with Crippen LogP contribution in [-0.4, -0.2) is 15.7 Å². The second kappa shape index (κ2) is 6.34. The molecule has 0 radical (unpaired) electrons. The normalized spacial score (nSPS) is 12.1. The van der Waals surface area contributed by atoms with E-state index in [1.807, 2.05) is 54.3 Å². The molecule has 1 N–H and O–H groups in total. The lowest BCUT2D eigenvalue weighted by Gasteiger charge is -2.17. The van der Waals surface area contributed by atoms with E-state index in [1.165, 1.54) is 11.3 Å². The Kier molecular flexibility index (Phi) is 4.27. The second-order valence-corrected chi connectivity index (χ2v) is 6.10. The van der Waals surface area contributed by atoms with E-state index < -0.39 is 0 Å². The third kappa shape index (κ3) is 3.21. The van der Waals surface area contributed by atoms with Crippen LogP contribution in [0.2, 0.25) is 5.02 Å². The summed E-state index contributed by atoms with van der Waals surface area (Å²) in [5, 5.41) is 11.8. The van der Waals surface area contributed by atoms with Gasteiger partial charge in [0.05, 0.1) is 17.3 Å². The number of rotatable bonds is 4. The Morgan fingerprint density at radius 2 is 2.05 bits per heavy atom. The van der Waals surface area contributed by atoms with Gasteiger partial charge >= 0.3 is 0 Å². The topological polar surface area (TPSA) is 46.9 Å². The largest absolute Gasteiger partial charge is 0.339 e. The van der Waals surface area contributed by atoms with Gasteiger partial charge in [-0.15, -0.1) is 0 Å². The van der Waals surface area contributed by atoms with Crippen LogP contribution in [0, 0.1) is 0 Å². The van der Waals surface area contributed by atoms with E-state index in [1.54, 1.807) is 10.7 Å². The first-order valence-electron chi connectivity index (χ1n) is 6.71. The summed E-state index contributed by atoms with van der Waals surface area (Å²) >= 11 is 7.44. The Bertz CT molecular complexity index is 765. The molecule has 0 fully saturated rings. The number of halogens is 1. The SMILES string of the molecule is Cn1ccc([C@@H](NC(=O)c2ccsc2)c2ccc(Cl)cc2)n1. The highest BCUT2D eigenvalue weighted by molar-refractivity contribution is 7.08. The van der Waals surface area contributed by atoms with E-state index in [9.17, 15) is 4.79 Å². The number of carbonyl (C=O) groups is 1. The van der Waals surface area contributed by atoms with Crippen molar-refractivity contribution < 1.29 is 4.79 Å². The van der Waals surface area contributed by atoms with E-state index in [2.05, 4.69) is 10.4 Å². The van der Waals surface area contributed by atoms with Crippen molar-refractivity contribution in [2.45, 2.75) is 6.04 Å². The number of amides is 1. The molecule has 0 spiro atoms. The number of hydrogen-bond acceptors (Lipinski definition) is 3. The summed E-state index contributed by atoms with van der Waals surface area (Å²) in [7, 11) is 1.85. The Morgan fingerprint density at radius 1 is 1.27 bits per heavy atom. The van der Waals surface area contributed by atoms with Gasteiger partial charge in [-0.3, -0.25) is 9.48 Å². The molecule has 0 saturated carbocycles. The van der Waals surface area contributed by atoms with Crippen molar-refractivity contribution in [3.63, 3.8) is 0 Å². The maximum Gasteiger partial charge on any atom is 0.252 e. The molecule has 6 heteroatoms. The molecular weight excluding hydrogens is 318 g/mol. The number of carbonyl (C=O) groups excluding carboxylic acids is 1. The molecular formula is C16H14ClN3OS. The minimum Gasteiger partial charge on any atom is -0.339 e. The van der Waals surface area contributed by atoms with E-state index in [0.29, 0.717) is 10.6 Å². The average Bonchev–Trinajstić information content (AvgIpc) is 3.17. The maximum atomic E-state index is 12.4. The summed E-state index contributed by atoms with van der Waals surface area (Å²) in [5.74, 6) is -0.119. The predicted molar refractivity (Wildman–Crippen MR) is 88.3 cm³/mol. The van der Waals surface area contributed by atoms with Crippen LogP contribution >= 0.6 is 22.9 Å². The van der Waals surface area contributed by atoms with Crippen LogP contribution in [0.4, 0.5) is 0 Å². The van der Waals surface area contributed by atoms with Gasteiger partial charge in [0.2, 0.25) is 0 Å². The third-order valence-corrected chi connectivity index (χ3v) is 4.23. The fourth-order valence-electron chi connectivity index (χ4n) is 2.18. The van der Waals surface area contributed by atoms with Crippen LogP contribution < -0.4 is 5.32 Å². The van der Waals surface area contributed by atoms with Crippen molar-refractivity contribution >= 4 is 28.8 Å². The van der Waals surface area contributed by atoms with Gasteiger partial charge < -0.3 is 5.32 Å². The zero-order valence-electron chi connectivity index (χ0n) is 11.9. The van der Waals surface area contributed by atoms with Crippen molar-refractivity contribution in [1.29, 1.82) is 0 Å². The Labute approximate surface area is 137 Å². The van der Waals surface area contributed by atoms with Gasteiger partial charge in [-0.05, 0) is 35.2 Å². The Morgan fingerprint density at radius 3 is 2.64 bits per heavy atom. The van der Waals surface area contributed by atoms with E-state index in [4.69, 9.17) is 11.6 Å². The zero-order valence-corrected chi connectivity index (χ0v) is 13.4. The highest BCUT2D eigenvalue weighted by Gasteiger charge is 2.20. The number of nitrogens with zero attached hydrogens (tertiary/aromatic N) is 2. The van der Waals surface area contributed by atoms with Crippen molar-refractivity contribution in [3.8, 4) is 0 Å². The van der Waals surface area contributed by atoms with Crippen LogP contribution in [-0.2, 0) is 7.05 Å². The molecule has 1 amide bonds. The lowest BCUT2D eigenvalue weighted by molar-refractivity contribution is 0.0942. The Balaban J connectivity index is 1.92. The van der Waals surface area contributed by atoms with Gasteiger partial charge in [-0.1, -0.05) is 23.7 Å². The molecule has 0 saturated heterocycles. The van der Waals surface area contributed by atoms with Gasteiger partial charge in [0, 0.05) is 23.6 Å². The fourth-order valence-corrected chi connectivity index (χ4v) is 2.94.